The Morgan fingerprint density at radius 2 is 1.60 bits per heavy atom. The predicted molar refractivity (Wildman–Crippen MR) is 83.5 cm³/mol. The van der Waals surface area contributed by atoms with Crippen molar-refractivity contribution >= 4 is 5.78 Å². The van der Waals surface area contributed by atoms with Gasteiger partial charge in [0.1, 0.15) is 5.78 Å². The molecule has 3 aliphatic rings. The summed E-state index contributed by atoms with van der Waals surface area (Å²) in [6.07, 6.45) is 13.8. The summed E-state index contributed by atoms with van der Waals surface area (Å²) in [7, 11) is 0. The molecule has 4 unspecified atom stereocenters. The molecular formula is C19H32O. The molecule has 3 rings (SSSR count). The molecular weight excluding hydrogens is 244 g/mol. The average Bonchev–Trinajstić information content (AvgIpc) is 2.75. The second kappa shape index (κ2) is 5.14. The van der Waals surface area contributed by atoms with Crippen LogP contribution in [0.3, 0.4) is 0 Å². The molecule has 0 radical (unpaired) electrons. The summed E-state index contributed by atoms with van der Waals surface area (Å²) < 4.78 is 0. The third-order valence-corrected chi connectivity index (χ3v) is 7.61. The van der Waals surface area contributed by atoms with Crippen molar-refractivity contribution < 1.29 is 4.79 Å². The van der Waals surface area contributed by atoms with Crippen molar-refractivity contribution in [1.29, 1.82) is 0 Å². The Bertz CT molecular complexity index is 379. The molecule has 0 spiro atoms. The maximum absolute atomic E-state index is 12.0. The van der Waals surface area contributed by atoms with Crippen molar-refractivity contribution in [2.75, 3.05) is 0 Å². The number of hydrogen-bond donors (Lipinski definition) is 0. The van der Waals surface area contributed by atoms with Gasteiger partial charge in [0.2, 0.25) is 0 Å². The highest BCUT2D eigenvalue weighted by Gasteiger charge is 2.53. The number of Topliss-reactive ketones (excluding diaryl/α,β-unsaturated/α-hetero) is 1. The van der Waals surface area contributed by atoms with Crippen LogP contribution in [0.15, 0.2) is 0 Å². The first kappa shape index (κ1) is 14.6. The Kier molecular flexibility index (Phi) is 3.75. The van der Waals surface area contributed by atoms with E-state index in [1.54, 1.807) is 0 Å². The van der Waals surface area contributed by atoms with Gasteiger partial charge in [0.05, 0.1) is 0 Å². The van der Waals surface area contributed by atoms with Crippen LogP contribution >= 0.6 is 0 Å². The molecule has 0 bridgehead atoms. The van der Waals surface area contributed by atoms with E-state index in [1.165, 1.54) is 64.2 Å². The number of rotatable bonds is 2. The van der Waals surface area contributed by atoms with Gasteiger partial charge in [-0.15, -0.1) is 0 Å². The number of fused-ring (bicyclic) bond motifs is 1. The van der Waals surface area contributed by atoms with Crippen molar-refractivity contribution in [2.45, 2.75) is 85.0 Å². The Balaban J connectivity index is 1.72. The van der Waals surface area contributed by atoms with Crippen molar-refractivity contribution in [1.82, 2.24) is 0 Å². The number of ketones is 1. The molecule has 20 heavy (non-hydrogen) atoms. The molecule has 3 aliphatic carbocycles. The van der Waals surface area contributed by atoms with Gasteiger partial charge in [0.15, 0.2) is 0 Å². The molecule has 114 valence electrons. The molecule has 0 aromatic rings. The fourth-order valence-electron chi connectivity index (χ4n) is 6.09. The van der Waals surface area contributed by atoms with Crippen molar-refractivity contribution in [2.24, 2.45) is 28.6 Å². The SMILES string of the molecule is CC(=O)C1CCC2CC(C3(C)CCCCC3)CCC21C. The third-order valence-electron chi connectivity index (χ3n) is 7.61. The van der Waals surface area contributed by atoms with Crippen LogP contribution in [0.25, 0.3) is 0 Å². The fraction of sp³-hybridized carbons (Fsp3) is 0.947. The topological polar surface area (TPSA) is 17.1 Å². The summed E-state index contributed by atoms with van der Waals surface area (Å²) in [4.78, 5) is 12.0. The lowest BCUT2D eigenvalue weighted by Crippen LogP contribution is -2.42. The molecule has 3 saturated carbocycles. The smallest absolute Gasteiger partial charge is 0.133 e. The van der Waals surface area contributed by atoms with Gasteiger partial charge in [-0.2, -0.15) is 0 Å². The minimum Gasteiger partial charge on any atom is -0.300 e. The summed E-state index contributed by atoms with van der Waals surface area (Å²) in [5.41, 5.74) is 0.960. The highest BCUT2D eigenvalue weighted by molar-refractivity contribution is 5.79. The quantitative estimate of drug-likeness (QED) is 0.662. The lowest BCUT2D eigenvalue weighted by molar-refractivity contribution is -0.125. The second-order valence-corrected chi connectivity index (χ2v) is 8.63. The minimum absolute atomic E-state index is 0.341. The predicted octanol–water partition coefficient (Wildman–Crippen LogP) is 5.38. The molecule has 0 N–H and O–H groups in total. The zero-order chi connectivity index (χ0) is 14.4. The zero-order valence-corrected chi connectivity index (χ0v) is 13.7. The summed E-state index contributed by atoms with van der Waals surface area (Å²) in [5, 5.41) is 0. The van der Waals surface area contributed by atoms with Crippen LogP contribution in [0.2, 0.25) is 0 Å². The highest BCUT2D eigenvalue weighted by Crippen LogP contribution is 2.60. The van der Waals surface area contributed by atoms with Crippen molar-refractivity contribution in [3.63, 3.8) is 0 Å². The Labute approximate surface area is 124 Å². The van der Waals surface area contributed by atoms with E-state index in [0.717, 1.165) is 11.8 Å². The summed E-state index contributed by atoms with van der Waals surface area (Å²) in [6, 6.07) is 0. The minimum atomic E-state index is 0.341. The first-order valence-electron chi connectivity index (χ1n) is 8.96. The largest absolute Gasteiger partial charge is 0.300 e. The van der Waals surface area contributed by atoms with Gasteiger partial charge in [0.25, 0.3) is 0 Å². The first-order valence-corrected chi connectivity index (χ1v) is 8.96. The van der Waals surface area contributed by atoms with E-state index in [0.29, 0.717) is 22.5 Å². The Morgan fingerprint density at radius 3 is 2.25 bits per heavy atom. The average molecular weight is 276 g/mol. The summed E-state index contributed by atoms with van der Waals surface area (Å²) >= 11 is 0. The van der Waals surface area contributed by atoms with Crippen LogP contribution in [0.1, 0.15) is 85.0 Å². The maximum atomic E-state index is 12.0. The molecule has 0 heterocycles. The van der Waals surface area contributed by atoms with E-state index in [1.807, 2.05) is 6.92 Å². The molecule has 0 amide bonds. The highest BCUT2D eigenvalue weighted by atomic mass is 16.1. The second-order valence-electron chi connectivity index (χ2n) is 8.63. The molecule has 0 saturated heterocycles. The van der Waals surface area contributed by atoms with Crippen molar-refractivity contribution in [3.8, 4) is 0 Å². The van der Waals surface area contributed by atoms with Crippen LogP contribution in [-0.4, -0.2) is 5.78 Å². The van der Waals surface area contributed by atoms with Gasteiger partial charge < -0.3 is 0 Å². The molecule has 1 heteroatoms. The van der Waals surface area contributed by atoms with Crippen LogP contribution in [-0.2, 0) is 4.79 Å². The number of carbonyl (C=O) groups is 1. The Morgan fingerprint density at radius 1 is 0.900 bits per heavy atom. The van der Waals surface area contributed by atoms with Gasteiger partial charge in [-0.1, -0.05) is 33.1 Å². The monoisotopic (exact) mass is 276 g/mol. The maximum Gasteiger partial charge on any atom is 0.133 e. The standard InChI is InChI=1S/C19H32O/c1-14(20)17-8-7-16-13-15(9-12-19(16,17)3)18(2)10-5-4-6-11-18/h15-17H,4-13H2,1-3H3. The van der Waals surface area contributed by atoms with Gasteiger partial charge in [-0.25, -0.2) is 0 Å². The van der Waals surface area contributed by atoms with Gasteiger partial charge >= 0.3 is 0 Å². The van der Waals surface area contributed by atoms with E-state index in [-0.39, 0.29) is 0 Å². The van der Waals surface area contributed by atoms with Crippen LogP contribution in [0, 0.1) is 28.6 Å². The van der Waals surface area contributed by atoms with Crippen molar-refractivity contribution in [3.05, 3.63) is 0 Å². The van der Waals surface area contributed by atoms with Gasteiger partial charge in [-0.3, -0.25) is 4.79 Å². The van der Waals surface area contributed by atoms with E-state index in [9.17, 15) is 4.79 Å². The Hall–Kier alpha value is -0.330. The number of hydrogen-bond acceptors (Lipinski definition) is 1. The van der Waals surface area contributed by atoms with Gasteiger partial charge in [0, 0.05) is 5.92 Å². The van der Waals surface area contributed by atoms with Crippen LogP contribution in [0.4, 0.5) is 0 Å². The molecule has 3 fully saturated rings. The van der Waals surface area contributed by atoms with Gasteiger partial charge in [-0.05, 0) is 74.5 Å². The normalized spacial score (nSPS) is 44.0. The third kappa shape index (κ3) is 2.25. The molecule has 0 aromatic heterocycles. The van der Waals surface area contributed by atoms with E-state index < -0.39 is 0 Å². The zero-order valence-electron chi connectivity index (χ0n) is 13.7. The van der Waals surface area contributed by atoms with E-state index >= 15 is 0 Å². The first-order chi connectivity index (χ1) is 9.46. The lowest BCUT2D eigenvalue weighted by Gasteiger charge is -2.50. The molecule has 4 atom stereocenters. The van der Waals surface area contributed by atoms with E-state index in [2.05, 4.69) is 13.8 Å². The summed E-state index contributed by atoms with van der Waals surface area (Å²) in [6.45, 7) is 6.82. The van der Waals surface area contributed by atoms with Crippen LogP contribution < -0.4 is 0 Å². The molecule has 0 aromatic carbocycles. The molecule has 0 aliphatic heterocycles. The molecule has 1 nitrogen and oxygen atoms in total. The summed E-state index contributed by atoms with van der Waals surface area (Å²) in [5.74, 6) is 2.59. The fourth-order valence-corrected chi connectivity index (χ4v) is 6.09. The van der Waals surface area contributed by atoms with E-state index in [4.69, 9.17) is 0 Å². The number of carbonyl (C=O) groups excluding carboxylic acids is 1. The van der Waals surface area contributed by atoms with Crippen LogP contribution in [0.5, 0.6) is 0 Å². The lowest BCUT2D eigenvalue weighted by atomic mass is 9.55.